The molecule has 1 unspecified atom stereocenters. The fourth-order valence-electron chi connectivity index (χ4n) is 3.44. The number of nitrogens with zero attached hydrogens (tertiary/aromatic N) is 2. The Labute approximate surface area is 160 Å². The minimum atomic E-state index is 0.0106. The van der Waals surface area contributed by atoms with Crippen LogP contribution in [0, 0.1) is 5.92 Å². The Morgan fingerprint density at radius 1 is 1.04 bits per heavy atom. The summed E-state index contributed by atoms with van der Waals surface area (Å²) < 4.78 is 1.94. The molecule has 1 atom stereocenters. The van der Waals surface area contributed by atoms with Gasteiger partial charge in [0.1, 0.15) is 0 Å². The van der Waals surface area contributed by atoms with Crippen LogP contribution in [0.25, 0.3) is 0 Å². The first-order valence-corrected chi connectivity index (χ1v) is 9.68. The van der Waals surface area contributed by atoms with E-state index in [1.54, 1.807) is 0 Å². The van der Waals surface area contributed by atoms with E-state index >= 15 is 0 Å². The molecule has 4 rings (SSSR count). The molecule has 1 N–H and O–H groups in total. The highest BCUT2D eigenvalue weighted by atomic mass is 16.1. The van der Waals surface area contributed by atoms with Crippen molar-refractivity contribution in [3.05, 3.63) is 84.1 Å². The van der Waals surface area contributed by atoms with Gasteiger partial charge in [-0.3, -0.25) is 9.48 Å². The van der Waals surface area contributed by atoms with Crippen LogP contribution in [0.15, 0.2) is 72.9 Å². The molecule has 1 heterocycles. The van der Waals surface area contributed by atoms with Crippen LogP contribution < -0.4 is 5.32 Å². The number of benzene rings is 2. The van der Waals surface area contributed by atoms with Crippen LogP contribution >= 0.6 is 0 Å². The van der Waals surface area contributed by atoms with Gasteiger partial charge in [-0.2, -0.15) is 5.10 Å². The van der Waals surface area contributed by atoms with Crippen LogP contribution in [-0.2, 0) is 17.8 Å². The molecular formula is C23H25N3O. The molecule has 1 fully saturated rings. The van der Waals surface area contributed by atoms with Crippen LogP contribution in [0.5, 0.6) is 0 Å². The molecule has 0 bridgehead atoms. The Kier molecular flexibility index (Phi) is 5.33. The fourth-order valence-corrected chi connectivity index (χ4v) is 3.44. The summed E-state index contributed by atoms with van der Waals surface area (Å²) in [6, 6.07) is 22.5. The lowest BCUT2D eigenvalue weighted by Gasteiger charge is -2.17. The third-order valence-electron chi connectivity index (χ3n) is 5.08. The molecule has 0 spiro atoms. The Balaban J connectivity index is 1.42. The molecule has 0 radical (unpaired) electrons. The summed E-state index contributed by atoms with van der Waals surface area (Å²) in [7, 11) is 0. The van der Waals surface area contributed by atoms with Gasteiger partial charge in [-0.05, 0) is 42.2 Å². The zero-order chi connectivity index (χ0) is 18.5. The topological polar surface area (TPSA) is 46.9 Å². The summed E-state index contributed by atoms with van der Waals surface area (Å²) >= 11 is 0. The second-order valence-corrected chi connectivity index (χ2v) is 7.42. The predicted octanol–water partition coefficient (Wildman–Crippen LogP) is 4.65. The molecule has 138 valence electrons. The molecule has 1 aromatic heterocycles. The van der Waals surface area contributed by atoms with Crippen molar-refractivity contribution in [1.29, 1.82) is 0 Å². The summed E-state index contributed by atoms with van der Waals surface area (Å²) in [6.07, 6.45) is 5.81. The van der Waals surface area contributed by atoms with E-state index < -0.39 is 0 Å². The zero-order valence-corrected chi connectivity index (χ0v) is 15.4. The maximum absolute atomic E-state index is 12.7. The van der Waals surface area contributed by atoms with Crippen LogP contribution in [0.3, 0.4) is 0 Å². The average molecular weight is 359 g/mol. The van der Waals surface area contributed by atoms with Gasteiger partial charge in [-0.15, -0.1) is 0 Å². The van der Waals surface area contributed by atoms with Crippen molar-refractivity contribution < 1.29 is 4.79 Å². The summed E-state index contributed by atoms with van der Waals surface area (Å²) in [5.41, 5.74) is 2.43. The largest absolute Gasteiger partial charge is 0.309 e. The second kappa shape index (κ2) is 8.21. The van der Waals surface area contributed by atoms with E-state index in [2.05, 4.69) is 34.7 Å². The minimum Gasteiger partial charge on any atom is -0.309 e. The SMILES string of the molecule is O=C(CC(Cc1ccccc1)c1ccccc1)Nc1ccn(CC2CC2)n1. The van der Waals surface area contributed by atoms with Gasteiger partial charge >= 0.3 is 0 Å². The van der Waals surface area contributed by atoms with Crippen molar-refractivity contribution in [3.8, 4) is 0 Å². The highest BCUT2D eigenvalue weighted by Crippen LogP contribution is 2.30. The molecule has 4 nitrogen and oxygen atoms in total. The minimum absolute atomic E-state index is 0.0106. The lowest BCUT2D eigenvalue weighted by molar-refractivity contribution is -0.116. The van der Waals surface area contributed by atoms with Crippen molar-refractivity contribution in [2.75, 3.05) is 5.32 Å². The number of hydrogen-bond donors (Lipinski definition) is 1. The number of aromatic nitrogens is 2. The van der Waals surface area contributed by atoms with E-state index in [0.29, 0.717) is 12.2 Å². The Hall–Kier alpha value is -2.88. The van der Waals surface area contributed by atoms with Crippen LogP contribution in [0.4, 0.5) is 5.82 Å². The van der Waals surface area contributed by atoms with Gasteiger partial charge in [0.2, 0.25) is 5.91 Å². The molecule has 27 heavy (non-hydrogen) atoms. The van der Waals surface area contributed by atoms with Gasteiger partial charge in [0, 0.05) is 25.2 Å². The molecule has 0 aliphatic heterocycles. The maximum Gasteiger partial charge on any atom is 0.226 e. The Morgan fingerprint density at radius 2 is 1.74 bits per heavy atom. The lowest BCUT2D eigenvalue weighted by atomic mass is 9.89. The van der Waals surface area contributed by atoms with E-state index in [9.17, 15) is 4.79 Å². The van der Waals surface area contributed by atoms with Gasteiger partial charge in [0.25, 0.3) is 0 Å². The van der Waals surface area contributed by atoms with Crippen molar-refractivity contribution in [1.82, 2.24) is 9.78 Å². The fraction of sp³-hybridized carbons (Fsp3) is 0.304. The molecule has 3 aromatic rings. The number of nitrogens with one attached hydrogen (secondary N) is 1. The van der Waals surface area contributed by atoms with E-state index in [0.717, 1.165) is 18.9 Å². The Morgan fingerprint density at radius 3 is 2.44 bits per heavy atom. The van der Waals surface area contributed by atoms with Crippen LogP contribution in [0.1, 0.15) is 36.3 Å². The van der Waals surface area contributed by atoms with Crippen molar-refractivity contribution >= 4 is 11.7 Å². The molecule has 0 saturated heterocycles. The van der Waals surface area contributed by atoms with Crippen LogP contribution in [0.2, 0.25) is 0 Å². The second-order valence-electron chi connectivity index (χ2n) is 7.42. The van der Waals surface area contributed by atoms with Gasteiger partial charge < -0.3 is 5.32 Å². The number of carbonyl (C=O) groups excluding carboxylic acids is 1. The number of hydrogen-bond acceptors (Lipinski definition) is 2. The van der Waals surface area contributed by atoms with Gasteiger partial charge in [-0.25, -0.2) is 0 Å². The van der Waals surface area contributed by atoms with Gasteiger partial charge in [-0.1, -0.05) is 60.7 Å². The molecule has 4 heteroatoms. The van der Waals surface area contributed by atoms with Crippen molar-refractivity contribution in [3.63, 3.8) is 0 Å². The molecule has 2 aromatic carbocycles. The first kappa shape index (κ1) is 17.5. The van der Waals surface area contributed by atoms with E-state index in [-0.39, 0.29) is 11.8 Å². The van der Waals surface area contributed by atoms with Gasteiger partial charge in [0.15, 0.2) is 5.82 Å². The predicted molar refractivity (Wildman–Crippen MR) is 108 cm³/mol. The highest BCUT2D eigenvalue weighted by molar-refractivity contribution is 5.90. The molecular weight excluding hydrogens is 334 g/mol. The van der Waals surface area contributed by atoms with E-state index in [1.165, 1.54) is 24.0 Å². The first-order chi connectivity index (χ1) is 13.3. The summed E-state index contributed by atoms with van der Waals surface area (Å²) in [4.78, 5) is 12.7. The third-order valence-corrected chi connectivity index (χ3v) is 5.08. The van der Waals surface area contributed by atoms with Crippen molar-refractivity contribution in [2.45, 2.75) is 38.1 Å². The van der Waals surface area contributed by atoms with Crippen LogP contribution in [-0.4, -0.2) is 15.7 Å². The smallest absolute Gasteiger partial charge is 0.226 e. The zero-order valence-electron chi connectivity index (χ0n) is 15.4. The average Bonchev–Trinajstić information content (AvgIpc) is 3.40. The standard InChI is InChI=1S/C23H25N3O/c27-23(24-22-13-14-26(25-22)17-19-11-12-19)16-21(20-9-5-2-6-10-20)15-18-7-3-1-4-8-18/h1-10,13-14,19,21H,11-12,15-17H2,(H,24,25,27). The maximum atomic E-state index is 12.7. The lowest BCUT2D eigenvalue weighted by Crippen LogP contribution is -2.17. The van der Waals surface area contributed by atoms with Gasteiger partial charge in [0.05, 0.1) is 0 Å². The first-order valence-electron chi connectivity index (χ1n) is 9.68. The number of rotatable bonds is 8. The number of amides is 1. The normalized spacial score (nSPS) is 14.7. The quantitative estimate of drug-likeness (QED) is 0.636. The summed E-state index contributed by atoms with van der Waals surface area (Å²) in [5, 5.41) is 7.45. The monoisotopic (exact) mass is 359 g/mol. The molecule has 1 saturated carbocycles. The van der Waals surface area contributed by atoms with E-state index in [4.69, 9.17) is 0 Å². The summed E-state index contributed by atoms with van der Waals surface area (Å²) in [6.45, 7) is 0.955. The molecule has 1 aliphatic rings. The number of anilines is 1. The number of carbonyl (C=O) groups is 1. The van der Waals surface area contributed by atoms with Crippen molar-refractivity contribution in [2.24, 2.45) is 5.92 Å². The highest BCUT2D eigenvalue weighted by Gasteiger charge is 2.22. The third kappa shape index (κ3) is 5.07. The summed E-state index contributed by atoms with van der Waals surface area (Å²) in [5.74, 6) is 1.56. The molecule has 1 aliphatic carbocycles. The van der Waals surface area contributed by atoms with E-state index in [1.807, 2.05) is 53.3 Å². The molecule has 1 amide bonds. The Bertz CT molecular complexity index is 869.